The average molecular weight is 208 g/mol. The first kappa shape index (κ1) is 10.4. The van der Waals surface area contributed by atoms with Gasteiger partial charge in [-0.1, -0.05) is 19.3 Å². The highest BCUT2D eigenvalue weighted by atomic mass is 19.1. The number of aromatic nitrogens is 1. The largest absolute Gasteiger partial charge is 0.371 e. The van der Waals surface area contributed by atoms with E-state index in [9.17, 15) is 4.39 Å². The molecule has 1 aromatic heterocycles. The number of hydrogen-bond donors (Lipinski definition) is 0. The molecular weight excluding hydrogens is 191 g/mol. The van der Waals surface area contributed by atoms with Crippen molar-refractivity contribution in [3.05, 3.63) is 24.3 Å². The van der Waals surface area contributed by atoms with E-state index in [0.29, 0.717) is 0 Å². The van der Waals surface area contributed by atoms with Crippen LogP contribution in [0.5, 0.6) is 0 Å². The molecule has 1 aliphatic rings. The highest BCUT2D eigenvalue weighted by Crippen LogP contribution is 2.18. The number of nitrogens with zero attached hydrogens (tertiary/aromatic N) is 2. The Morgan fingerprint density at radius 3 is 2.40 bits per heavy atom. The normalized spacial score (nSPS) is 18.3. The summed E-state index contributed by atoms with van der Waals surface area (Å²) in [6.07, 6.45) is 7.91. The molecule has 0 radical (unpaired) electrons. The lowest BCUT2D eigenvalue weighted by molar-refractivity contribution is 0.551. The molecule has 0 atom stereocenters. The van der Waals surface area contributed by atoms with Crippen LogP contribution in [0, 0.1) is 5.95 Å². The van der Waals surface area contributed by atoms with Crippen molar-refractivity contribution in [3.63, 3.8) is 0 Å². The van der Waals surface area contributed by atoms with Crippen molar-refractivity contribution in [2.45, 2.75) is 32.1 Å². The molecule has 2 heterocycles. The Kier molecular flexibility index (Phi) is 3.54. The van der Waals surface area contributed by atoms with Gasteiger partial charge in [0, 0.05) is 31.0 Å². The Morgan fingerprint density at radius 1 is 1.07 bits per heavy atom. The van der Waals surface area contributed by atoms with Crippen molar-refractivity contribution in [1.29, 1.82) is 0 Å². The number of halogens is 1. The molecular formula is C12H17FN2. The summed E-state index contributed by atoms with van der Waals surface area (Å²) in [5.41, 5.74) is 0.976. The minimum Gasteiger partial charge on any atom is -0.371 e. The van der Waals surface area contributed by atoms with Crippen molar-refractivity contribution >= 4 is 5.69 Å². The van der Waals surface area contributed by atoms with Crippen LogP contribution in [0.15, 0.2) is 18.3 Å². The van der Waals surface area contributed by atoms with Gasteiger partial charge in [0.25, 0.3) is 0 Å². The van der Waals surface area contributed by atoms with E-state index < -0.39 is 0 Å². The molecule has 0 saturated carbocycles. The molecule has 2 nitrogen and oxygen atoms in total. The zero-order valence-corrected chi connectivity index (χ0v) is 8.95. The molecule has 0 spiro atoms. The Bertz CT molecular complexity index is 306. The second kappa shape index (κ2) is 5.10. The van der Waals surface area contributed by atoms with Crippen LogP contribution in [0.25, 0.3) is 0 Å². The maximum Gasteiger partial charge on any atom is 0.214 e. The van der Waals surface area contributed by atoms with Crippen LogP contribution >= 0.6 is 0 Å². The Morgan fingerprint density at radius 2 is 1.73 bits per heavy atom. The van der Waals surface area contributed by atoms with Crippen LogP contribution in [-0.2, 0) is 0 Å². The van der Waals surface area contributed by atoms with Gasteiger partial charge >= 0.3 is 0 Å². The Balaban J connectivity index is 2.06. The molecule has 2 rings (SSSR count). The third-order valence-corrected chi connectivity index (χ3v) is 2.93. The zero-order valence-electron chi connectivity index (χ0n) is 8.95. The summed E-state index contributed by atoms with van der Waals surface area (Å²) in [6, 6.07) is 3.42. The van der Waals surface area contributed by atoms with Gasteiger partial charge in [-0.15, -0.1) is 0 Å². The van der Waals surface area contributed by atoms with Gasteiger partial charge in [0.15, 0.2) is 0 Å². The molecule has 1 saturated heterocycles. The lowest BCUT2D eigenvalue weighted by Crippen LogP contribution is -2.27. The summed E-state index contributed by atoms with van der Waals surface area (Å²) >= 11 is 0. The van der Waals surface area contributed by atoms with Crippen molar-refractivity contribution in [1.82, 2.24) is 4.98 Å². The molecule has 0 aromatic carbocycles. The maximum atomic E-state index is 13.0. The smallest absolute Gasteiger partial charge is 0.214 e. The van der Waals surface area contributed by atoms with E-state index in [-0.39, 0.29) is 5.95 Å². The molecule has 1 aromatic rings. The first-order valence-electron chi connectivity index (χ1n) is 5.73. The van der Waals surface area contributed by atoms with E-state index in [1.54, 1.807) is 6.20 Å². The van der Waals surface area contributed by atoms with E-state index in [4.69, 9.17) is 0 Å². The van der Waals surface area contributed by atoms with E-state index in [1.807, 2.05) is 6.07 Å². The van der Waals surface area contributed by atoms with Gasteiger partial charge in [0.2, 0.25) is 5.95 Å². The first-order valence-corrected chi connectivity index (χ1v) is 5.73. The zero-order chi connectivity index (χ0) is 10.5. The monoisotopic (exact) mass is 208 g/mol. The quantitative estimate of drug-likeness (QED) is 0.659. The second-order valence-electron chi connectivity index (χ2n) is 4.09. The maximum absolute atomic E-state index is 13.0. The Labute approximate surface area is 90.1 Å². The fraction of sp³-hybridized carbons (Fsp3) is 0.583. The number of pyridine rings is 1. The molecule has 0 aliphatic carbocycles. The van der Waals surface area contributed by atoms with Crippen LogP contribution < -0.4 is 4.90 Å². The highest BCUT2D eigenvalue weighted by Gasteiger charge is 2.09. The molecule has 0 N–H and O–H groups in total. The van der Waals surface area contributed by atoms with Crippen LogP contribution in [-0.4, -0.2) is 18.1 Å². The summed E-state index contributed by atoms with van der Waals surface area (Å²) in [6.45, 7) is 2.09. The summed E-state index contributed by atoms with van der Waals surface area (Å²) in [5.74, 6) is -0.380. The van der Waals surface area contributed by atoms with Crippen molar-refractivity contribution in [2.75, 3.05) is 18.0 Å². The molecule has 0 amide bonds. The summed E-state index contributed by atoms with van der Waals surface area (Å²) < 4.78 is 13.0. The van der Waals surface area contributed by atoms with E-state index in [0.717, 1.165) is 18.8 Å². The first-order chi connectivity index (χ1) is 7.36. The van der Waals surface area contributed by atoms with E-state index in [1.165, 1.54) is 38.2 Å². The molecule has 15 heavy (non-hydrogen) atoms. The second-order valence-corrected chi connectivity index (χ2v) is 4.09. The van der Waals surface area contributed by atoms with Gasteiger partial charge < -0.3 is 4.90 Å². The van der Waals surface area contributed by atoms with Crippen molar-refractivity contribution in [3.8, 4) is 0 Å². The van der Waals surface area contributed by atoms with Gasteiger partial charge in [-0.3, -0.25) is 0 Å². The minimum atomic E-state index is -0.380. The van der Waals surface area contributed by atoms with Crippen LogP contribution in [0.3, 0.4) is 0 Å². The predicted octanol–water partition coefficient (Wildman–Crippen LogP) is 2.99. The lowest BCUT2D eigenvalue weighted by Gasteiger charge is -2.26. The van der Waals surface area contributed by atoms with Gasteiger partial charge in [0.1, 0.15) is 0 Å². The van der Waals surface area contributed by atoms with Crippen LogP contribution in [0.1, 0.15) is 32.1 Å². The topological polar surface area (TPSA) is 16.1 Å². The van der Waals surface area contributed by atoms with Gasteiger partial charge in [-0.25, -0.2) is 4.98 Å². The molecule has 0 bridgehead atoms. The lowest BCUT2D eigenvalue weighted by atomic mass is 10.1. The fourth-order valence-electron chi connectivity index (χ4n) is 2.09. The van der Waals surface area contributed by atoms with Crippen molar-refractivity contribution in [2.24, 2.45) is 0 Å². The highest BCUT2D eigenvalue weighted by molar-refractivity contribution is 5.44. The van der Waals surface area contributed by atoms with E-state index in [2.05, 4.69) is 9.88 Å². The van der Waals surface area contributed by atoms with Crippen LogP contribution in [0.4, 0.5) is 10.1 Å². The SMILES string of the molecule is Fc1cc(N2CCCCCCC2)ccn1. The third kappa shape index (κ3) is 2.91. The summed E-state index contributed by atoms with van der Waals surface area (Å²) in [4.78, 5) is 5.85. The molecule has 1 fully saturated rings. The summed E-state index contributed by atoms with van der Waals surface area (Å²) in [5, 5.41) is 0. The summed E-state index contributed by atoms with van der Waals surface area (Å²) in [7, 11) is 0. The van der Waals surface area contributed by atoms with Crippen molar-refractivity contribution < 1.29 is 4.39 Å². The molecule has 3 heteroatoms. The van der Waals surface area contributed by atoms with Crippen LogP contribution in [0.2, 0.25) is 0 Å². The standard InChI is InChI=1S/C12H17FN2/c13-12-10-11(6-7-14-12)15-8-4-2-1-3-5-9-15/h6-7,10H,1-5,8-9H2. The van der Waals surface area contributed by atoms with E-state index >= 15 is 0 Å². The fourth-order valence-corrected chi connectivity index (χ4v) is 2.09. The molecule has 0 unspecified atom stereocenters. The third-order valence-electron chi connectivity index (χ3n) is 2.93. The minimum absolute atomic E-state index is 0.380. The predicted molar refractivity (Wildman–Crippen MR) is 59.5 cm³/mol. The van der Waals surface area contributed by atoms with Gasteiger partial charge in [0.05, 0.1) is 0 Å². The number of rotatable bonds is 1. The number of hydrogen-bond acceptors (Lipinski definition) is 2. The average Bonchev–Trinajstić information content (AvgIpc) is 2.16. The molecule has 82 valence electrons. The Hall–Kier alpha value is -1.12. The van der Waals surface area contributed by atoms with Gasteiger partial charge in [-0.05, 0) is 18.9 Å². The van der Waals surface area contributed by atoms with Gasteiger partial charge in [-0.2, -0.15) is 4.39 Å². The molecule has 1 aliphatic heterocycles. The number of anilines is 1.